The monoisotopic (exact) mass is 362 g/mol. The van der Waals surface area contributed by atoms with Crippen LogP contribution in [-0.4, -0.2) is 40.5 Å². The second kappa shape index (κ2) is 8.07. The van der Waals surface area contributed by atoms with E-state index in [0.717, 1.165) is 24.1 Å². The zero-order valence-electron chi connectivity index (χ0n) is 14.1. The zero-order chi connectivity index (χ0) is 18.5. The number of halogens is 2. The van der Waals surface area contributed by atoms with Crippen LogP contribution in [0.1, 0.15) is 30.0 Å². The third-order valence-electron chi connectivity index (χ3n) is 4.39. The molecule has 138 valence electrons. The summed E-state index contributed by atoms with van der Waals surface area (Å²) in [5.41, 5.74) is 7.25. The van der Waals surface area contributed by atoms with Crippen LogP contribution in [0.25, 0.3) is 0 Å². The van der Waals surface area contributed by atoms with Crippen LogP contribution in [0.4, 0.5) is 14.7 Å². The number of carbonyl (C=O) groups is 1. The Morgan fingerprint density at radius 3 is 2.77 bits per heavy atom. The maximum absolute atomic E-state index is 12.6. The molecule has 2 heterocycles. The van der Waals surface area contributed by atoms with E-state index in [1.54, 1.807) is 18.3 Å². The van der Waals surface area contributed by atoms with Crippen molar-refractivity contribution in [3.05, 3.63) is 47.8 Å². The van der Waals surface area contributed by atoms with Gasteiger partial charge in [-0.3, -0.25) is 4.79 Å². The summed E-state index contributed by atoms with van der Waals surface area (Å²) in [5.74, 6) is 0.451. The van der Waals surface area contributed by atoms with E-state index in [0.29, 0.717) is 13.1 Å². The molecule has 0 bridgehead atoms. The van der Waals surface area contributed by atoms with Crippen molar-refractivity contribution in [2.24, 2.45) is 0 Å². The second-order valence-electron chi connectivity index (χ2n) is 6.22. The second-order valence-corrected chi connectivity index (χ2v) is 6.22. The van der Waals surface area contributed by atoms with Gasteiger partial charge in [-0.05, 0) is 36.6 Å². The van der Waals surface area contributed by atoms with Crippen molar-refractivity contribution in [3.63, 3.8) is 0 Å². The Labute approximate surface area is 150 Å². The Kier molecular flexibility index (Phi) is 5.60. The summed E-state index contributed by atoms with van der Waals surface area (Å²) < 4.78 is 28.7. The molecule has 1 aliphatic heterocycles. The van der Waals surface area contributed by atoms with Crippen LogP contribution in [0.3, 0.4) is 0 Å². The maximum Gasteiger partial charge on any atom is 0.387 e. The fourth-order valence-electron chi connectivity index (χ4n) is 3.14. The van der Waals surface area contributed by atoms with Crippen LogP contribution in [0, 0.1) is 0 Å². The first-order chi connectivity index (χ1) is 12.5. The zero-order valence-corrected chi connectivity index (χ0v) is 14.1. The summed E-state index contributed by atoms with van der Waals surface area (Å²) in [4.78, 5) is 22.6. The highest BCUT2D eigenvalue weighted by atomic mass is 19.3. The molecule has 1 aromatic heterocycles. The smallest absolute Gasteiger partial charge is 0.387 e. The lowest BCUT2D eigenvalue weighted by molar-refractivity contribution is -0.131. The summed E-state index contributed by atoms with van der Waals surface area (Å²) in [6.07, 6.45) is 3.68. The first-order valence-corrected chi connectivity index (χ1v) is 8.41. The number of likely N-dealkylation sites (tertiary alicyclic amines) is 1. The van der Waals surface area contributed by atoms with Crippen LogP contribution in [0.15, 0.2) is 36.5 Å². The van der Waals surface area contributed by atoms with Crippen molar-refractivity contribution in [2.45, 2.75) is 31.8 Å². The van der Waals surface area contributed by atoms with Crippen LogP contribution in [0.2, 0.25) is 0 Å². The van der Waals surface area contributed by atoms with Gasteiger partial charge in [0.15, 0.2) is 0 Å². The normalized spacial score (nSPS) is 17.3. The topological polar surface area (TPSA) is 81.3 Å². The molecule has 0 aliphatic carbocycles. The molecule has 1 atom stereocenters. The summed E-state index contributed by atoms with van der Waals surface area (Å²) in [6.45, 7) is -1.58. The van der Waals surface area contributed by atoms with Gasteiger partial charge in [0.25, 0.3) is 0 Å². The van der Waals surface area contributed by atoms with Gasteiger partial charge in [-0.1, -0.05) is 12.1 Å². The summed E-state index contributed by atoms with van der Waals surface area (Å²) in [5, 5.41) is 0. The molecule has 1 unspecified atom stereocenters. The lowest BCUT2D eigenvalue weighted by Gasteiger charge is -2.32. The third-order valence-corrected chi connectivity index (χ3v) is 4.39. The van der Waals surface area contributed by atoms with Gasteiger partial charge in [-0.2, -0.15) is 8.78 Å². The van der Waals surface area contributed by atoms with Gasteiger partial charge in [0, 0.05) is 25.2 Å². The molecular formula is C18H20F2N4O2. The number of piperidine rings is 1. The summed E-state index contributed by atoms with van der Waals surface area (Å²) >= 11 is 0. The van der Waals surface area contributed by atoms with Gasteiger partial charge in [0.1, 0.15) is 5.75 Å². The Hall–Kier alpha value is -2.77. The number of rotatable bonds is 5. The van der Waals surface area contributed by atoms with E-state index >= 15 is 0 Å². The van der Waals surface area contributed by atoms with Crippen molar-refractivity contribution >= 4 is 11.9 Å². The first-order valence-electron chi connectivity index (χ1n) is 8.41. The average molecular weight is 362 g/mol. The number of aromatic nitrogens is 2. The molecule has 8 heteroatoms. The number of alkyl halides is 2. The van der Waals surface area contributed by atoms with Crippen LogP contribution < -0.4 is 10.5 Å². The largest absolute Gasteiger partial charge is 0.435 e. The van der Waals surface area contributed by atoms with E-state index in [4.69, 9.17) is 5.73 Å². The van der Waals surface area contributed by atoms with Crippen molar-refractivity contribution in [1.82, 2.24) is 14.9 Å². The highest BCUT2D eigenvalue weighted by Crippen LogP contribution is 2.26. The maximum atomic E-state index is 12.6. The first kappa shape index (κ1) is 18.0. The van der Waals surface area contributed by atoms with Crippen molar-refractivity contribution in [2.75, 3.05) is 18.8 Å². The number of amides is 1. The standard InChI is InChI=1S/C18H20F2N4O2/c19-17(20)26-14-5-3-12(4-6-14)10-16(25)24-9-1-2-13(11-24)15-7-8-22-18(21)23-15/h3-8,13,17H,1-2,9-11H2,(H2,21,22,23). The molecule has 3 rings (SSSR count). The van der Waals surface area contributed by atoms with E-state index < -0.39 is 6.61 Å². The Bertz CT molecular complexity index is 755. The van der Waals surface area contributed by atoms with Crippen LogP contribution in [0.5, 0.6) is 5.75 Å². The number of ether oxygens (including phenoxy) is 1. The van der Waals surface area contributed by atoms with Gasteiger partial charge in [0.2, 0.25) is 11.9 Å². The molecule has 1 saturated heterocycles. The minimum Gasteiger partial charge on any atom is -0.435 e. The third kappa shape index (κ3) is 4.65. The quantitative estimate of drug-likeness (QED) is 0.884. The summed E-state index contributed by atoms with van der Waals surface area (Å²) in [7, 11) is 0. The van der Waals surface area contributed by atoms with Gasteiger partial charge in [-0.15, -0.1) is 0 Å². The van der Waals surface area contributed by atoms with Gasteiger partial charge in [0.05, 0.1) is 12.1 Å². The Morgan fingerprint density at radius 1 is 1.31 bits per heavy atom. The molecule has 1 amide bonds. The number of hydrogen-bond donors (Lipinski definition) is 1. The van der Waals surface area contributed by atoms with Crippen LogP contribution in [-0.2, 0) is 11.2 Å². The molecule has 1 fully saturated rings. The number of anilines is 1. The highest BCUT2D eigenvalue weighted by Gasteiger charge is 2.25. The minimum absolute atomic E-state index is 0.000689. The number of nitrogen functional groups attached to an aromatic ring is 1. The molecule has 1 aromatic carbocycles. The van der Waals surface area contributed by atoms with Crippen LogP contribution >= 0.6 is 0 Å². The number of nitrogens with two attached hydrogens (primary N) is 1. The fourth-order valence-corrected chi connectivity index (χ4v) is 3.14. The molecule has 6 nitrogen and oxygen atoms in total. The number of carbonyl (C=O) groups excluding carboxylic acids is 1. The predicted molar refractivity (Wildman–Crippen MR) is 91.8 cm³/mol. The Morgan fingerprint density at radius 2 is 2.08 bits per heavy atom. The van der Waals surface area contributed by atoms with Crippen molar-refractivity contribution in [1.29, 1.82) is 0 Å². The number of hydrogen-bond acceptors (Lipinski definition) is 5. The number of benzene rings is 1. The van der Waals surface area contributed by atoms with E-state index in [1.165, 1.54) is 12.1 Å². The summed E-state index contributed by atoms with van der Waals surface area (Å²) in [6, 6.07) is 7.97. The van der Waals surface area contributed by atoms with E-state index in [-0.39, 0.29) is 29.9 Å². The minimum atomic E-state index is -2.86. The fraction of sp³-hybridized carbons (Fsp3) is 0.389. The average Bonchev–Trinajstić information content (AvgIpc) is 2.63. The molecule has 2 N–H and O–H groups in total. The van der Waals surface area contributed by atoms with Crippen molar-refractivity contribution < 1.29 is 18.3 Å². The molecule has 0 spiro atoms. The lowest BCUT2D eigenvalue weighted by Crippen LogP contribution is -2.40. The van der Waals surface area contributed by atoms with E-state index in [2.05, 4.69) is 14.7 Å². The molecular weight excluding hydrogens is 342 g/mol. The van der Waals surface area contributed by atoms with Gasteiger partial charge >= 0.3 is 6.61 Å². The molecule has 0 saturated carbocycles. The van der Waals surface area contributed by atoms with E-state index in [1.807, 2.05) is 11.0 Å². The lowest BCUT2D eigenvalue weighted by atomic mass is 9.94. The van der Waals surface area contributed by atoms with Gasteiger partial charge < -0.3 is 15.4 Å². The SMILES string of the molecule is Nc1nccc(C2CCCN(C(=O)Cc3ccc(OC(F)F)cc3)C2)n1. The Balaban J connectivity index is 1.60. The molecule has 0 radical (unpaired) electrons. The predicted octanol–water partition coefficient (Wildman–Crippen LogP) is 2.61. The number of nitrogens with zero attached hydrogens (tertiary/aromatic N) is 3. The molecule has 2 aromatic rings. The molecule has 26 heavy (non-hydrogen) atoms. The van der Waals surface area contributed by atoms with Gasteiger partial charge in [-0.25, -0.2) is 9.97 Å². The highest BCUT2D eigenvalue weighted by molar-refractivity contribution is 5.79. The molecule has 1 aliphatic rings. The van der Waals surface area contributed by atoms with Crippen molar-refractivity contribution in [3.8, 4) is 5.75 Å². The van der Waals surface area contributed by atoms with E-state index in [9.17, 15) is 13.6 Å².